The SMILES string of the molecule is COC[C@]1(CN2CCC3(CCOC3)C2)CC1(F)F. The minimum Gasteiger partial charge on any atom is -0.384 e. The van der Waals surface area contributed by atoms with Gasteiger partial charge in [0.15, 0.2) is 0 Å². The number of rotatable bonds is 4. The Kier molecular flexibility index (Phi) is 2.92. The highest BCUT2D eigenvalue weighted by Gasteiger charge is 2.71. The summed E-state index contributed by atoms with van der Waals surface area (Å²) in [5.74, 6) is -2.54. The quantitative estimate of drug-likeness (QED) is 0.770. The third-order valence-electron chi connectivity index (χ3n) is 4.86. The summed E-state index contributed by atoms with van der Waals surface area (Å²) in [5.41, 5.74) is -0.675. The van der Waals surface area contributed by atoms with E-state index >= 15 is 0 Å². The second kappa shape index (κ2) is 4.12. The number of methoxy groups -OCH3 is 1. The van der Waals surface area contributed by atoms with Crippen molar-refractivity contribution in [2.75, 3.05) is 46.6 Å². The lowest BCUT2D eigenvalue weighted by molar-refractivity contribution is 0.00746. The second-order valence-corrected chi connectivity index (χ2v) is 6.36. The maximum absolute atomic E-state index is 13.5. The number of nitrogens with zero attached hydrogens (tertiary/aromatic N) is 1. The molecule has 1 spiro atoms. The van der Waals surface area contributed by atoms with Gasteiger partial charge in [-0.05, 0) is 19.4 Å². The van der Waals surface area contributed by atoms with Crippen LogP contribution in [0, 0.1) is 10.8 Å². The van der Waals surface area contributed by atoms with Gasteiger partial charge in [-0.15, -0.1) is 0 Å². The van der Waals surface area contributed by atoms with E-state index in [1.165, 1.54) is 7.11 Å². The Hall–Kier alpha value is -0.260. The number of ether oxygens (including phenoxy) is 2. The standard InChI is InChI=1S/C13H21F2NO2/c1-17-10-12(6-13(12,14)15)8-16-4-2-11(7-16)3-5-18-9-11/h2-10H2,1H3/t11?,12-/m1/s1. The van der Waals surface area contributed by atoms with Crippen molar-refractivity contribution in [2.24, 2.45) is 10.8 Å². The molecule has 1 aliphatic carbocycles. The van der Waals surface area contributed by atoms with Crippen LogP contribution < -0.4 is 0 Å². The molecule has 3 rings (SSSR count). The van der Waals surface area contributed by atoms with Crippen LogP contribution in [0.2, 0.25) is 0 Å². The van der Waals surface area contributed by atoms with E-state index in [1.54, 1.807) is 0 Å². The Labute approximate surface area is 106 Å². The lowest BCUT2D eigenvalue weighted by Gasteiger charge is -2.25. The third-order valence-corrected chi connectivity index (χ3v) is 4.86. The summed E-state index contributed by atoms with van der Waals surface area (Å²) in [4.78, 5) is 2.19. The largest absolute Gasteiger partial charge is 0.384 e. The highest BCUT2D eigenvalue weighted by atomic mass is 19.3. The Balaban J connectivity index is 1.61. The van der Waals surface area contributed by atoms with Crippen molar-refractivity contribution in [1.29, 1.82) is 0 Å². The van der Waals surface area contributed by atoms with E-state index in [-0.39, 0.29) is 18.4 Å². The molecule has 1 saturated carbocycles. The fraction of sp³-hybridized carbons (Fsp3) is 1.00. The molecule has 5 heteroatoms. The van der Waals surface area contributed by atoms with Gasteiger partial charge in [-0.2, -0.15) is 0 Å². The zero-order chi connectivity index (χ0) is 12.9. The zero-order valence-corrected chi connectivity index (χ0v) is 10.9. The minimum absolute atomic E-state index is 0.0200. The molecule has 3 fully saturated rings. The number of alkyl halides is 2. The van der Waals surface area contributed by atoms with Crippen LogP contribution in [0.3, 0.4) is 0 Å². The zero-order valence-electron chi connectivity index (χ0n) is 10.9. The first kappa shape index (κ1) is 12.8. The van der Waals surface area contributed by atoms with Crippen molar-refractivity contribution >= 4 is 0 Å². The maximum atomic E-state index is 13.5. The van der Waals surface area contributed by atoms with Crippen molar-refractivity contribution in [3.05, 3.63) is 0 Å². The van der Waals surface area contributed by atoms with Gasteiger partial charge < -0.3 is 14.4 Å². The van der Waals surface area contributed by atoms with Gasteiger partial charge in [0.1, 0.15) is 0 Å². The average molecular weight is 261 g/mol. The van der Waals surface area contributed by atoms with Gasteiger partial charge in [-0.1, -0.05) is 0 Å². The summed E-state index contributed by atoms with van der Waals surface area (Å²) in [6, 6.07) is 0. The molecule has 2 aliphatic heterocycles. The van der Waals surface area contributed by atoms with Crippen LogP contribution in [0.1, 0.15) is 19.3 Å². The van der Waals surface area contributed by atoms with Crippen LogP contribution in [-0.2, 0) is 9.47 Å². The molecule has 0 N–H and O–H groups in total. The number of likely N-dealkylation sites (tertiary alicyclic amines) is 1. The van der Waals surface area contributed by atoms with Crippen LogP contribution in [0.5, 0.6) is 0 Å². The molecule has 3 aliphatic rings. The highest BCUT2D eigenvalue weighted by molar-refractivity contribution is 5.12. The second-order valence-electron chi connectivity index (χ2n) is 6.36. The molecular weight excluding hydrogens is 240 g/mol. The summed E-state index contributed by atoms with van der Waals surface area (Å²) in [7, 11) is 1.51. The molecule has 104 valence electrons. The summed E-state index contributed by atoms with van der Waals surface area (Å²) in [6.07, 6.45) is 2.15. The van der Waals surface area contributed by atoms with Crippen LogP contribution in [0.25, 0.3) is 0 Å². The summed E-state index contributed by atoms with van der Waals surface area (Å²) in [6.45, 7) is 4.10. The highest BCUT2D eigenvalue weighted by Crippen LogP contribution is 2.61. The van der Waals surface area contributed by atoms with E-state index in [2.05, 4.69) is 4.90 Å². The summed E-state index contributed by atoms with van der Waals surface area (Å²) >= 11 is 0. The van der Waals surface area contributed by atoms with Crippen LogP contribution in [-0.4, -0.2) is 57.4 Å². The van der Waals surface area contributed by atoms with Crippen molar-refractivity contribution in [3.8, 4) is 0 Å². The molecule has 18 heavy (non-hydrogen) atoms. The van der Waals surface area contributed by atoms with Crippen LogP contribution in [0.15, 0.2) is 0 Å². The minimum atomic E-state index is -2.54. The molecule has 0 aromatic heterocycles. The third kappa shape index (κ3) is 1.96. The van der Waals surface area contributed by atoms with Crippen LogP contribution >= 0.6 is 0 Å². The Morgan fingerprint density at radius 2 is 2.11 bits per heavy atom. The Bertz CT molecular complexity index is 331. The molecule has 0 bridgehead atoms. The molecule has 2 saturated heterocycles. The van der Waals surface area contributed by atoms with Gasteiger partial charge in [0.25, 0.3) is 5.92 Å². The van der Waals surface area contributed by atoms with E-state index in [4.69, 9.17) is 9.47 Å². The van der Waals surface area contributed by atoms with Gasteiger partial charge in [0, 0.05) is 38.6 Å². The normalized spacial score (nSPS) is 42.8. The molecule has 1 unspecified atom stereocenters. The smallest absolute Gasteiger partial charge is 0.258 e. The topological polar surface area (TPSA) is 21.7 Å². The van der Waals surface area contributed by atoms with E-state index < -0.39 is 11.3 Å². The van der Waals surface area contributed by atoms with Gasteiger partial charge in [0.2, 0.25) is 0 Å². The summed E-state index contributed by atoms with van der Waals surface area (Å²) < 4.78 is 37.5. The van der Waals surface area contributed by atoms with Crippen LogP contribution in [0.4, 0.5) is 8.78 Å². The van der Waals surface area contributed by atoms with E-state index in [9.17, 15) is 8.78 Å². The van der Waals surface area contributed by atoms with Crippen molar-refractivity contribution in [2.45, 2.75) is 25.2 Å². The van der Waals surface area contributed by atoms with Crippen molar-refractivity contribution in [1.82, 2.24) is 4.90 Å². The number of halogens is 2. The number of hydrogen-bond acceptors (Lipinski definition) is 3. The molecule has 2 atom stereocenters. The first-order valence-corrected chi connectivity index (χ1v) is 6.68. The maximum Gasteiger partial charge on any atom is 0.258 e. The molecule has 0 aromatic rings. The summed E-state index contributed by atoms with van der Waals surface area (Å²) in [5, 5.41) is 0. The van der Waals surface area contributed by atoms with Gasteiger partial charge >= 0.3 is 0 Å². The fourth-order valence-electron chi connectivity index (χ4n) is 3.59. The molecule has 3 nitrogen and oxygen atoms in total. The molecule has 0 aromatic carbocycles. The van der Waals surface area contributed by atoms with Crippen molar-refractivity contribution in [3.63, 3.8) is 0 Å². The van der Waals surface area contributed by atoms with Gasteiger partial charge in [-0.25, -0.2) is 8.78 Å². The predicted molar refractivity (Wildman–Crippen MR) is 62.8 cm³/mol. The van der Waals surface area contributed by atoms with E-state index in [1.807, 2.05) is 0 Å². The van der Waals surface area contributed by atoms with Gasteiger partial charge in [0.05, 0.1) is 18.6 Å². The predicted octanol–water partition coefficient (Wildman–Crippen LogP) is 1.77. The monoisotopic (exact) mass is 261 g/mol. The molecular formula is C13H21F2NO2. The van der Waals surface area contributed by atoms with E-state index in [0.717, 1.165) is 39.1 Å². The molecule has 0 amide bonds. The van der Waals surface area contributed by atoms with Crippen molar-refractivity contribution < 1.29 is 18.3 Å². The molecule has 0 radical (unpaired) electrons. The first-order chi connectivity index (χ1) is 8.51. The Morgan fingerprint density at radius 3 is 2.67 bits per heavy atom. The van der Waals surface area contributed by atoms with Gasteiger partial charge in [-0.3, -0.25) is 0 Å². The average Bonchev–Trinajstić information content (AvgIpc) is 2.74. The Morgan fingerprint density at radius 1 is 1.33 bits per heavy atom. The van der Waals surface area contributed by atoms with E-state index in [0.29, 0.717) is 6.54 Å². The first-order valence-electron chi connectivity index (χ1n) is 6.68. The lowest BCUT2D eigenvalue weighted by atomic mass is 9.87. The lowest BCUT2D eigenvalue weighted by Crippen LogP contribution is -2.36. The molecule has 2 heterocycles. The fourth-order valence-corrected chi connectivity index (χ4v) is 3.59. The number of hydrogen-bond donors (Lipinski definition) is 0.